The maximum absolute atomic E-state index is 13.3. The molecule has 3 heterocycles. The second-order valence-electron chi connectivity index (χ2n) is 9.90. The molecule has 0 bridgehead atoms. The number of nitrogens with zero attached hydrogens (tertiary/aromatic N) is 4. The van der Waals surface area contributed by atoms with Gasteiger partial charge < -0.3 is 9.64 Å². The molecule has 182 valence electrons. The number of rotatable bonds is 8. The summed E-state index contributed by atoms with van der Waals surface area (Å²) in [6.07, 6.45) is 8.04. The van der Waals surface area contributed by atoms with E-state index in [0.29, 0.717) is 24.4 Å². The van der Waals surface area contributed by atoms with Crippen molar-refractivity contribution in [3.05, 3.63) is 78.4 Å². The van der Waals surface area contributed by atoms with Crippen LogP contribution in [0.5, 0.6) is 0 Å². The van der Waals surface area contributed by atoms with Crippen LogP contribution >= 0.6 is 0 Å². The first kappa shape index (κ1) is 23.1. The lowest BCUT2D eigenvalue weighted by molar-refractivity contribution is -0.671. The average Bonchev–Trinajstić information content (AvgIpc) is 3.50. The number of carbonyl (C=O) groups excluding carboxylic acids is 2. The van der Waals surface area contributed by atoms with Crippen LogP contribution in [0.3, 0.4) is 0 Å². The number of amides is 1. The van der Waals surface area contributed by atoms with Gasteiger partial charge in [0, 0.05) is 19.4 Å². The molecule has 0 N–H and O–H groups in total. The van der Waals surface area contributed by atoms with E-state index < -0.39 is 5.66 Å². The maximum Gasteiger partial charge on any atom is 0.338 e. The summed E-state index contributed by atoms with van der Waals surface area (Å²) in [4.78, 5) is 30.5. The van der Waals surface area contributed by atoms with Crippen molar-refractivity contribution in [2.45, 2.75) is 45.3 Å². The summed E-state index contributed by atoms with van der Waals surface area (Å²) in [5.74, 6) is 0.254. The molecule has 0 saturated carbocycles. The van der Waals surface area contributed by atoms with Crippen LogP contribution in [0.1, 0.15) is 49.0 Å². The number of hydrogen-bond acceptors (Lipinski definition) is 4. The summed E-state index contributed by atoms with van der Waals surface area (Å²) >= 11 is 0. The van der Waals surface area contributed by atoms with Crippen molar-refractivity contribution in [3.8, 4) is 0 Å². The number of anilines is 2. The van der Waals surface area contributed by atoms with Gasteiger partial charge in [-0.1, -0.05) is 44.2 Å². The number of aromatic nitrogens is 2. The van der Waals surface area contributed by atoms with Gasteiger partial charge in [0.05, 0.1) is 24.0 Å². The van der Waals surface area contributed by atoms with Crippen LogP contribution < -0.4 is 14.4 Å². The van der Waals surface area contributed by atoms with E-state index >= 15 is 0 Å². The van der Waals surface area contributed by atoms with Gasteiger partial charge in [-0.15, -0.1) is 0 Å². The number of benzene rings is 2. The third-order valence-corrected chi connectivity index (χ3v) is 7.07. The van der Waals surface area contributed by atoms with Crippen molar-refractivity contribution in [1.82, 2.24) is 4.57 Å². The van der Waals surface area contributed by atoms with E-state index in [-0.39, 0.29) is 18.5 Å². The fourth-order valence-corrected chi connectivity index (χ4v) is 5.35. The van der Waals surface area contributed by atoms with Gasteiger partial charge >= 0.3 is 5.97 Å². The zero-order chi connectivity index (χ0) is 24.6. The first-order valence-electron chi connectivity index (χ1n) is 12.4. The second kappa shape index (κ2) is 9.21. The van der Waals surface area contributed by atoms with Crippen LogP contribution in [0.15, 0.2) is 67.3 Å². The van der Waals surface area contributed by atoms with Gasteiger partial charge in [0.25, 0.3) is 0 Å². The molecule has 0 radical (unpaired) electrons. The molecule has 3 aromatic rings. The summed E-state index contributed by atoms with van der Waals surface area (Å²) < 4.78 is 9.48. The Hall–Kier alpha value is -3.61. The molecule has 7 heteroatoms. The van der Waals surface area contributed by atoms with Gasteiger partial charge in [0.2, 0.25) is 12.2 Å². The topological polar surface area (TPSA) is 58.7 Å². The Labute approximate surface area is 206 Å². The molecule has 2 aliphatic rings. The van der Waals surface area contributed by atoms with Gasteiger partial charge in [0.15, 0.2) is 0 Å². The van der Waals surface area contributed by atoms with E-state index in [2.05, 4.69) is 30.9 Å². The highest BCUT2D eigenvalue weighted by Gasteiger charge is 2.57. The molecule has 1 unspecified atom stereocenters. The largest absolute Gasteiger partial charge is 0.458 e. The van der Waals surface area contributed by atoms with E-state index in [1.54, 1.807) is 0 Å². The highest BCUT2D eigenvalue weighted by Crippen LogP contribution is 2.56. The fourth-order valence-electron chi connectivity index (χ4n) is 5.35. The number of fused-ring (bicyclic) bond motifs is 3. The van der Waals surface area contributed by atoms with Crippen molar-refractivity contribution >= 4 is 23.3 Å². The molecule has 35 heavy (non-hydrogen) atoms. The third-order valence-electron chi connectivity index (χ3n) is 7.07. The monoisotopic (exact) mass is 473 g/mol. The van der Waals surface area contributed by atoms with Crippen molar-refractivity contribution < 1.29 is 18.9 Å². The quantitative estimate of drug-likeness (QED) is 0.366. The number of ether oxygens (including phenoxy) is 1. The minimum absolute atomic E-state index is 0.0909. The molecular weight excluding hydrogens is 440 g/mol. The Morgan fingerprint density at radius 1 is 1.11 bits per heavy atom. The molecule has 7 nitrogen and oxygen atoms in total. The van der Waals surface area contributed by atoms with Crippen LogP contribution in [0.2, 0.25) is 0 Å². The smallest absolute Gasteiger partial charge is 0.338 e. The van der Waals surface area contributed by atoms with Crippen molar-refractivity contribution in [2.75, 3.05) is 23.0 Å². The van der Waals surface area contributed by atoms with Gasteiger partial charge in [-0.3, -0.25) is 9.69 Å². The molecule has 0 spiro atoms. The molecule has 1 atom stereocenters. The second-order valence-corrected chi connectivity index (χ2v) is 9.90. The summed E-state index contributed by atoms with van der Waals surface area (Å²) in [5.41, 5.74) is 2.82. The summed E-state index contributed by atoms with van der Waals surface area (Å²) in [6, 6.07) is 15.9. The van der Waals surface area contributed by atoms with Gasteiger partial charge in [0.1, 0.15) is 31.2 Å². The van der Waals surface area contributed by atoms with Gasteiger partial charge in [-0.2, -0.15) is 0 Å². The molecule has 1 amide bonds. The molecule has 2 aliphatic heterocycles. The predicted octanol–water partition coefficient (Wildman–Crippen LogP) is 4.02. The Bertz CT molecular complexity index is 1240. The molecule has 2 aromatic carbocycles. The van der Waals surface area contributed by atoms with E-state index in [0.717, 1.165) is 36.3 Å². The Balaban J connectivity index is 1.46. The fraction of sp³-hybridized carbons (Fsp3) is 0.393. The molecule has 1 aromatic heterocycles. The van der Waals surface area contributed by atoms with Crippen LogP contribution in [-0.2, 0) is 28.8 Å². The molecular formula is C28H33N4O3+. The Kier molecular flexibility index (Phi) is 6.09. The van der Waals surface area contributed by atoms with Gasteiger partial charge in [-0.05, 0) is 36.1 Å². The Morgan fingerprint density at radius 2 is 1.91 bits per heavy atom. The number of esters is 1. The van der Waals surface area contributed by atoms with E-state index in [4.69, 9.17) is 4.74 Å². The Morgan fingerprint density at radius 3 is 2.63 bits per heavy atom. The zero-order valence-corrected chi connectivity index (χ0v) is 20.7. The van der Waals surface area contributed by atoms with Crippen molar-refractivity contribution in [1.29, 1.82) is 0 Å². The lowest BCUT2D eigenvalue weighted by Gasteiger charge is -2.41. The van der Waals surface area contributed by atoms with E-state index in [1.165, 1.54) is 0 Å². The predicted molar refractivity (Wildman–Crippen MR) is 134 cm³/mol. The van der Waals surface area contributed by atoms with Crippen molar-refractivity contribution in [2.24, 2.45) is 13.0 Å². The molecule has 1 saturated heterocycles. The van der Waals surface area contributed by atoms with Crippen LogP contribution in [0.25, 0.3) is 0 Å². The number of aryl methyl sites for hydroxylation is 1. The summed E-state index contributed by atoms with van der Waals surface area (Å²) in [7, 11) is 1.95. The van der Waals surface area contributed by atoms with E-state index in [9.17, 15) is 9.59 Å². The first-order chi connectivity index (χ1) is 16.9. The summed E-state index contributed by atoms with van der Waals surface area (Å²) in [6.45, 7) is 6.14. The highest BCUT2D eigenvalue weighted by atomic mass is 16.5. The van der Waals surface area contributed by atoms with Crippen LogP contribution in [0.4, 0.5) is 11.4 Å². The molecule has 5 rings (SSSR count). The zero-order valence-electron chi connectivity index (χ0n) is 20.7. The third kappa shape index (κ3) is 4.09. The first-order valence-corrected chi connectivity index (χ1v) is 12.4. The van der Waals surface area contributed by atoms with Crippen molar-refractivity contribution in [3.63, 3.8) is 0 Å². The van der Waals surface area contributed by atoms with E-state index in [1.807, 2.05) is 76.2 Å². The van der Waals surface area contributed by atoms with Crippen LogP contribution in [0, 0.1) is 5.92 Å². The van der Waals surface area contributed by atoms with Crippen LogP contribution in [-0.4, -0.2) is 29.6 Å². The lowest BCUT2D eigenvalue weighted by Crippen LogP contribution is -2.52. The maximum atomic E-state index is 13.3. The molecule has 0 aliphatic carbocycles. The molecule has 1 fully saturated rings. The number of imidazole rings is 1. The minimum atomic E-state index is -0.554. The lowest BCUT2D eigenvalue weighted by atomic mass is 9.94. The van der Waals surface area contributed by atoms with Gasteiger partial charge in [-0.25, -0.2) is 13.9 Å². The normalized spacial score (nSPS) is 18.8. The number of hydrogen-bond donors (Lipinski definition) is 0. The SMILES string of the molecule is CC(C)CCN1c2ccc(C(=O)OCCn3cc[n+](C)c3)cc2N2C(=O)CCC12c1ccccc1. The average molecular weight is 474 g/mol. The number of carbonyl (C=O) groups is 2. The standard InChI is InChI=1S/C28H33N4O3/c1-21(2)12-14-31-24-10-9-22(27(34)35-18-17-30-16-15-29(3)20-30)19-25(24)32-26(33)11-13-28(31,32)23-7-5-4-6-8-23/h4-10,15-16,19-21H,11-14,17-18H2,1-3H3/q+1. The summed E-state index contributed by atoms with van der Waals surface area (Å²) in [5, 5.41) is 0. The highest BCUT2D eigenvalue weighted by molar-refractivity contribution is 6.06. The minimum Gasteiger partial charge on any atom is -0.458 e.